The molecule has 2 aromatic rings. The van der Waals surface area contributed by atoms with Crippen LogP contribution < -0.4 is 5.32 Å². The Balaban J connectivity index is 2.36. The van der Waals surface area contributed by atoms with Crippen LogP contribution in [0.5, 0.6) is 0 Å². The summed E-state index contributed by atoms with van der Waals surface area (Å²) in [5.74, 6) is -6.64. The number of nitro benzene ring substituents is 1. The Kier molecular flexibility index (Phi) is 6.22. The number of nitrogens with zero attached hydrogens (tertiary/aromatic N) is 1. The van der Waals surface area contributed by atoms with Gasteiger partial charge in [0.25, 0.3) is 5.69 Å². The number of non-ortho nitro benzene ring substituents is 1. The second-order valence-corrected chi connectivity index (χ2v) is 6.54. The maximum Gasteiger partial charge on any atom is 0.409 e. The Labute approximate surface area is 157 Å². The first-order valence-corrected chi connectivity index (χ1v) is 8.16. The van der Waals surface area contributed by atoms with Crippen molar-refractivity contribution in [2.24, 2.45) is 5.92 Å². The van der Waals surface area contributed by atoms with Gasteiger partial charge in [-0.15, -0.1) is 0 Å². The van der Waals surface area contributed by atoms with Crippen LogP contribution in [0.3, 0.4) is 0 Å². The van der Waals surface area contributed by atoms with Gasteiger partial charge in [-0.3, -0.25) is 14.9 Å². The number of anilines is 1. The lowest BCUT2D eigenvalue weighted by atomic mass is 10.1. The zero-order valence-corrected chi connectivity index (χ0v) is 14.4. The molecule has 0 bridgehead atoms. The Hall–Kier alpha value is -2.76. The summed E-state index contributed by atoms with van der Waals surface area (Å²) < 4.78 is 75.9. The van der Waals surface area contributed by atoms with E-state index in [1.165, 1.54) is 5.32 Å². The number of nitro groups is 1. The summed E-state index contributed by atoms with van der Waals surface area (Å²) in [5, 5.41) is 12.5. The molecular weight excluding hydrogens is 414 g/mol. The van der Waals surface area contributed by atoms with Crippen LogP contribution >= 0.6 is 11.8 Å². The van der Waals surface area contributed by atoms with E-state index in [0.29, 0.717) is 11.0 Å². The summed E-state index contributed by atoms with van der Waals surface area (Å²) in [6.45, 7) is 0. The Morgan fingerprint density at radius 2 is 1.54 bits per heavy atom. The molecule has 150 valence electrons. The molecule has 0 atom stereocenters. The third kappa shape index (κ3) is 5.62. The number of rotatable bonds is 5. The lowest BCUT2D eigenvalue weighted by molar-refractivity contribution is -0.385. The molecule has 28 heavy (non-hydrogen) atoms. The minimum absolute atomic E-state index is 0.145. The first kappa shape index (κ1) is 21.5. The fourth-order valence-corrected chi connectivity index (χ4v) is 3.07. The second-order valence-electron chi connectivity index (χ2n) is 5.39. The van der Waals surface area contributed by atoms with Gasteiger partial charge in [0.1, 0.15) is 0 Å². The number of alkyl halides is 6. The van der Waals surface area contributed by atoms with Gasteiger partial charge in [-0.25, -0.2) is 0 Å². The van der Waals surface area contributed by atoms with Crippen molar-refractivity contribution in [2.75, 3.05) is 5.32 Å². The molecule has 0 aromatic heterocycles. The fraction of sp³-hybridized carbons (Fsp3) is 0.188. The van der Waals surface area contributed by atoms with E-state index in [0.717, 1.165) is 23.9 Å². The molecule has 5 nitrogen and oxygen atoms in total. The highest BCUT2D eigenvalue weighted by molar-refractivity contribution is 7.99. The van der Waals surface area contributed by atoms with Gasteiger partial charge < -0.3 is 5.32 Å². The molecule has 0 spiro atoms. The molecule has 0 radical (unpaired) electrons. The minimum Gasteiger partial charge on any atom is -0.325 e. The lowest BCUT2D eigenvalue weighted by Gasteiger charge is -2.22. The van der Waals surface area contributed by atoms with Crippen molar-refractivity contribution >= 4 is 29.0 Å². The van der Waals surface area contributed by atoms with Gasteiger partial charge in [-0.2, -0.15) is 26.3 Å². The standard InChI is InChI=1S/C16H10F6N2O3S/c17-15(18,19)13(16(20,21)22)14(25)23-9-6-10(24(26)27)8-12(7-9)28-11-4-2-1-3-5-11/h1-8,13H,(H,23,25). The largest absolute Gasteiger partial charge is 0.409 e. The van der Waals surface area contributed by atoms with Crippen molar-refractivity contribution < 1.29 is 36.1 Å². The van der Waals surface area contributed by atoms with Crippen LogP contribution in [-0.2, 0) is 4.79 Å². The van der Waals surface area contributed by atoms with Gasteiger partial charge in [0, 0.05) is 27.6 Å². The van der Waals surface area contributed by atoms with Crippen LogP contribution in [0.1, 0.15) is 0 Å². The van der Waals surface area contributed by atoms with Gasteiger partial charge in [0.15, 0.2) is 0 Å². The first-order valence-electron chi connectivity index (χ1n) is 7.34. The number of benzene rings is 2. The van der Waals surface area contributed by atoms with Crippen LogP contribution in [0.15, 0.2) is 58.3 Å². The average Bonchev–Trinajstić information content (AvgIpc) is 2.52. The van der Waals surface area contributed by atoms with E-state index in [1.807, 2.05) is 0 Å². The summed E-state index contributed by atoms with van der Waals surface area (Å²) in [7, 11) is 0. The lowest BCUT2D eigenvalue weighted by Crippen LogP contribution is -2.45. The summed E-state index contributed by atoms with van der Waals surface area (Å²) in [6, 6.07) is 11.1. The molecule has 12 heteroatoms. The van der Waals surface area contributed by atoms with Gasteiger partial charge in [0.2, 0.25) is 11.8 Å². The third-order valence-electron chi connectivity index (χ3n) is 3.27. The SMILES string of the molecule is O=C(Nc1cc(Sc2ccccc2)cc([N+](=O)[O-])c1)C(C(F)(F)F)C(F)(F)F. The monoisotopic (exact) mass is 424 g/mol. The van der Waals surface area contributed by atoms with Gasteiger partial charge in [-0.05, 0) is 18.2 Å². The molecule has 0 fully saturated rings. The zero-order valence-electron chi connectivity index (χ0n) is 13.5. The summed E-state index contributed by atoms with van der Waals surface area (Å²) in [4.78, 5) is 22.5. The highest BCUT2D eigenvalue weighted by Crippen LogP contribution is 2.40. The predicted octanol–water partition coefficient (Wildman–Crippen LogP) is 5.43. The molecule has 0 saturated heterocycles. The van der Waals surface area contributed by atoms with E-state index in [1.54, 1.807) is 30.3 Å². The molecule has 1 N–H and O–H groups in total. The van der Waals surface area contributed by atoms with Crippen molar-refractivity contribution in [2.45, 2.75) is 22.1 Å². The van der Waals surface area contributed by atoms with Crippen molar-refractivity contribution in [3.63, 3.8) is 0 Å². The topological polar surface area (TPSA) is 72.2 Å². The van der Waals surface area contributed by atoms with Gasteiger partial charge >= 0.3 is 12.4 Å². The quantitative estimate of drug-likeness (QED) is 0.395. The maximum absolute atomic E-state index is 12.7. The average molecular weight is 424 g/mol. The summed E-state index contributed by atoms with van der Waals surface area (Å²) in [6.07, 6.45) is -11.7. The Morgan fingerprint density at radius 1 is 0.964 bits per heavy atom. The highest BCUT2D eigenvalue weighted by Gasteiger charge is 2.61. The van der Waals surface area contributed by atoms with Crippen LogP contribution in [0.2, 0.25) is 0 Å². The fourth-order valence-electron chi connectivity index (χ4n) is 2.14. The number of hydrogen-bond acceptors (Lipinski definition) is 4. The van der Waals surface area contributed by atoms with E-state index in [9.17, 15) is 41.3 Å². The molecule has 2 rings (SSSR count). The molecule has 2 aromatic carbocycles. The number of nitrogens with one attached hydrogen (secondary N) is 1. The Bertz CT molecular complexity index is 857. The second kappa shape index (κ2) is 8.09. The number of amides is 1. The summed E-state index contributed by atoms with van der Waals surface area (Å²) in [5.41, 5.74) is -1.16. The van der Waals surface area contributed by atoms with Gasteiger partial charge in [-0.1, -0.05) is 30.0 Å². The molecule has 0 aliphatic heterocycles. The van der Waals surface area contributed by atoms with E-state index in [4.69, 9.17) is 0 Å². The van der Waals surface area contributed by atoms with E-state index in [2.05, 4.69) is 0 Å². The van der Waals surface area contributed by atoms with Crippen LogP contribution in [0, 0.1) is 16.0 Å². The van der Waals surface area contributed by atoms with Crippen molar-refractivity contribution in [1.29, 1.82) is 0 Å². The van der Waals surface area contributed by atoms with E-state index >= 15 is 0 Å². The Morgan fingerprint density at radius 3 is 2.04 bits per heavy atom. The highest BCUT2D eigenvalue weighted by atomic mass is 32.2. The minimum atomic E-state index is -5.87. The van der Waals surface area contributed by atoms with Crippen LogP contribution in [0.25, 0.3) is 0 Å². The van der Waals surface area contributed by atoms with Crippen molar-refractivity contribution in [1.82, 2.24) is 0 Å². The zero-order chi connectivity index (χ0) is 21.1. The van der Waals surface area contributed by atoms with Crippen molar-refractivity contribution in [3.05, 3.63) is 58.6 Å². The molecule has 0 aliphatic carbocycles. The molecule has 0 aliphatic rings. The summed E-state index contributed by atoms with van der Waals surface area (Å²) >= 11 is 0.980. The smallest absolute Gasteiger partial charge is 0.325 e. The molecule has 1 amide bonds. The number of carbonyl (C=O) groups is 1. The maximum atomic E-state index is 12.7. The van der Waals surface area contributed by atoms with Gasteiger partial charge in [0.05, 0.1) is 4.92 Å². The van der Waals surface area contributed by atoms with Crippen LogP contribution in [-0.4, -0.2) is 23.2 Å². The normalized spacial score (nSPS) is 12.1. The number of hydrogen-bond donors (Lipinski definition) is 1. The van der Waals surface area contributed by atoms with Crippen molar-refractivity contribution in [3.8, 4) is 0 Å². The molecular formula is C16H10F6N2O3S. The number of carbonyl (C=O) groups excluding carboxylic acids is 1. The van der Waals surface area contributed by atoms with E-state index < -0.39 is 40.5 Å². The molecule has 0 saturated carbocycles. The first-order chi connectivity index (χ1) is 12.9. The molecule has 0 heterocycles. The predicted molar refractivity (Wildman–Crippen MR) is 87.9 cm³/mol. The third-order valence-corrected chi connectivity index (χ3v) is 4.24. The van der Waals surface area contributed by atoms with Crippen LogP contribution in [0.4, 0.5) is 37.7 Å². The molecule has 0 unspecified atom stereocenters. The number of halogens is 6. The van der Waals surface area contributed by atoms with E-state index in [-0.39, 0.29) is 4.90 Å².